The summed E-state index contributed by atoms with van der Waals surface area (Å²) in [5.41, 5.74) is 0.722. The first kappa shape index (κ1) is 15.1. The molecule has 2 aromatic rings. The van der Waals surface area contributed by atoms with Gasteiger partial charge in [0, 0.05) is 11.6 Å². The van der Waals surface area contributed by atoms with E-state index in [0.29, 0.717) is 34.8 Å². The van der Waals surface area contributed by atoms with Crippen LogP contribution < -0.4 is 4.74 Å². The van der Waals surface area contributed by atoms with Crippen LogP contribution in [0.3, 0.4) is 0 Å². The van der Waals surface area contributed by atoms with Crippen molar-refractivity contribution in [1.82, 2.24) is 4.98 Å². The number of halogens is 1. The Morgan fingerprint density at radius 3 is 2.68 bits per heavy atom. The molecule has 3 aliphatic rings. The van der Waals surface area contributed by atoms with Crippen molar-refractivity contribution in [2.75, 3.05) is 0 Å². The second-order valence-corrected chi connectivity index (χ2v) is 7.79. The standard InChI is InChI=1S/C20H20FNO3/c21-11-3-4-16-15(7-11)17(5-6-22-16)25-12-8-13-14(9-12)19(13)18(20(23)24)10-1-2-10/h3-7,10,12-14,18-19H,1-2,8-9H2,(H,23,24)/t12-,13-,14+,18?,19+. The van der Waals surface area contributed by atoms with E-state index in [1.54, 1.807) is 18.3 Å². The summed E-state index contributed by atoms with van der Waals surface area (Å²) >= 11 is 0. The molecule has 25 heavy (non-hydrogen) atoms. The molecular weight excluding hydrogens is 321 g/mol. The summed E-state index contributed by atoms with van der Waals surface area (Å²) in [5, 5.41) is 10.2. The molecule has 3 fully saturated rings. The van der Waals surface area contributed by atoms with Gasteiger partial charge in [0.2, 0.25) is 0 Å². The summed E-state index contributed by atoms with van der Waals surface area (Å²) in [7, 11) is 0. The minimum absolute atomic E-state index is 0.0914. The van der Waals surface area contributed by atoms with Crippen LogP contribution in [0.4, 0.5) is 4.39 Å². The lowest BCUT2D eigenvalue weighted by molar-refractivity contribution is -0.143. The van der Waals surface area contributed by atoms with Crippen molar-refractivity contribution < 1.29 is 19.0 Å². The number of nitrogens with zero attached hydrogens (tertiary/aromatic N) is 1. The third-order valence-electron chi connectivity index (χ3n) is 6.25. The number of carboxylic acid groups (broad SMARTS) is 1. The van der Waals surface area contributed by atoms with E-state index in [1.807, 2.05) is 0 Å². The summed E-state index contributed by atoms with van der Waals surface area (Å²) in [4.78, 5) is 15.8. The van der Waals surface area contributed by atoms with Crippen LogP contribution in [-0.2, 0) is 4.79 Å². The zero-order valence-corrected chi connectivity index (χ0v) is 13.8. The maximum atomic E-state index is 13.6. The molecule has 4 nitrogen and oxygen atoms in total. The summed E-state index contributed by atoms with van der Waals surface area (Å²) in [6, 6.07) is 6.31. The zero-order valence-electron chi connectivity index (χ0n) is 13.8. The lowest BCUT2D eigenvalue weighted by atomic mass is 9.92. The second kappa shape index (κ2) is 5.41. The Labute approximate surface area is 145 Å². The number of rotatable bonds is 5. The van der Waals surface area contributed by atoms with Crippen LogP contribution in [0.5, 0.6) is 5.75 Å². The molecule has 0 amide bonds. The fourth-order valence-corrected chi connectivity index (χ4v) is 4.98. The van der Waals surface area contributed by atoms with E-state index in [1.165, 1.54) is 12.1 Å². The smallest absolute Gasteiger partial charge is 0.307 e. The van der Waals surface area contributed by atoms with E-state index in [2.05, 4.69) is 4.98 Å². The van der Waals surface area contributed by atoms with Gasteiger partial charge in [0.1, 0.15) is 11.6 Å². The van der Waals surface area contributed by atoms with Crippen LogP contribution in [0.25, 0.3) is 10.9 Å². The zero-order chi connectivity index (χ0) is 17.1. The van der Waals surface area contributed by atoms with Crippen molar-refractivity contribution in [1.29, 1.82) is 0 Å². The minimum Gasteiger partial charge on any atom is -0.490 e. The fourth-order valence-electron chi connectivity index (χ4n) is 4.98. The van der Waals surface area contributed by atoms with E-state index in [-0.39, 0.29) is 17.8 Å². The van der Waals surface area contributed by atoms with Crippen molar-refractivity contribution in [3.05, 3.63) is 36.3 Å². The first-order valence-corrected chi connectivity index (χ1v) is 9.05. The number of fused-ring (bicyclic) bond motifs is 2. The Morgan fingerprint density at radius 1 is 1.24 bits per heavy atom. The largest absolute Gasteiger partial charge is 0.490 e. The second-order valence-electron chi connectivity index (χ2n) is 7.79. The molecule has 5 rings (SSSR count). The molecular formula is C20H20FNO3. The van der Waals surface area contributed by atoms with E-state index >= 15 is 0 Å². The van der Waals surface area contributed by atoms with Gasteiger partial charge in [0.05, 0.1) is 17.5 Å². The van der Waals surface area contributed by atoms with E-state index < -0.39 is 5.97 Å². The first-order valence-electron chi connectivity index (χ1n) is 9.05. The highest BCUT2D eigenvalue weighted by Crippen LogP contribution is 2.64. The quantitative estimate of drug-likeness (QED) is 0.896. The molecule has 0 radical (unpaired) electrons. The van der Waals surface area contributed by atoms with Crippen LogP contribution in [0.15, 0.2) is 30.5 Å². The van der Waals surface area contributed by atoms with E-state index in [9.17, 15) is 14.3 Å². The maximum Gasteiger partial charge on any atom is 0.307 e. The number of benzene rings is 1. The van der Waals surface area contributed by atoms with E-state index in [0.717, 1.165) is 31.2 Å². The van der Waals surface area contributed by atoms with Crippen LogP contribution in [-0.4, -0.2) is 22.2 Å². The number of carboxylic acids is 1. The predicted molar refractivity (Wildman–Crippen MR) is 89.7 cm³/mol. The average Bonchev–Trinajstić information content (AvgIpc) is 3.48. The van der Waals surface area contributed by atoms with Gasteiger partial charge in [-0.25, -0.2) is 4.39 Å². The topological polar surface area (TPSA) is 59.4 Å². The molecule has 1 aromatic carbocycles. The molecule has 1 unspecified atom stereocenters. The molecule has 5 heteroatoms. The molecule has 3 saturated carbocycles. The van der Waals surface area contributed by atoms with Crippen LogP contribution in [0.1, 0.15) is 25.7 Å². The van der Waals surface area contributed by atoms with Gasteiger partial charge in [-0.15, -0.1) is 0 Å². The summed E-state index contributed by atoms with van der Waals surface area (Å²) in [5.74, 6) is 1.32. The van der Waals surface area contributed by atoms with Gasteiger partial charge in [-0.3, -0.25) is 9.78 Å². The van der Waals surface area contributed by atoms with Gasteiger partial charge in [-0.1, -0.05) is 0 Å². The van der Waals surface area contributed by atoms with Crippen LogP contribution in [0.2, 0.25) is 0 Å². The molecule has 5 atom stereocenters. The molecule has 0 saturated heterocycles. The van der Waals surface area contributed by atoms with Crippen molar-refractivity contribution in [2.45, 2.75) is 31.8 Å². The fraction of sp³-hybridized carbons (Fsp3) is 0.500. The van der Waals surface area contributed by atoms with E-state index in [4.69, 9.17) is 4.74 Å². The summed E-state index contributed by atoms with van der Waals surface area (Å²) < 4.78 is 19.7. The van der Waals surface area contributed by atoms with Crippen molar-refractivity contribution in [3.63, 3.8) is 0 Å². The SMILES string of the molecule is O=C(O)C(C1CC1)[C@H]1[C@@H]2C[C@@H](Oc3ccnc4ccc(F)cc34)C[C@@H]21. The number of hydrogen-bond donors (Lipinski definition) is 1. The Hall–Kier alpha value is -2.17. The Balaban J connectivity index is 1.29. The van der Waals surface area contributed by atoms with Gasteiger partial charge in [-0.2, -0.15) is 0 Å². The highest BCUT2D eigenvalue weighted by atomic mass is 19.1. The van der Waals surface area contributed by atoms with Crippen LogP contribution >= 0.6 is 0 Å². The predicted octanol–water partition coefficient (Wildman–Crippen LogP) is 3.89. The molecule has 0 spiro atoms. The van der Waals surface area contributed by atoms with Crippen LogP contribution in [0, 0.1) is 35.4 Å². The molecule has 0 aliphatic heterocycles. The third kappa shape index (κ3) is 2.57. The van der Waals surface area contributed by atoms with Gasteiger partial charge in [0.15, 0.2) is 0 Å². The monoisotopic (exact) mass is 341 g/mol. The molecule has 1 heterocycles. The number of aromatic nitrogens is 1. The molecule has 130 valence electrons. The minimum atomic E-state index is -0.616. The Morgan fingerprint density at radius 2 is 2.00 bits per heavy atom. The third-order valence-corrected chi connectivity index (χ3v) is 6.25. The summed E-state index contributed by atoms with van der Waals surface area (Å²) in [6.07, 6.45) is 5.73. The van der Waals surface area contributed by atoms with Gasteiger partial charge < -0.3 is 9.84 Å². The molecule has 1 aromatic heterocycles. The van der Waals surface area contributed by atoms with Gasteiger partial charge in [-0.05, 0) is 73.6 Å². The molecule has 1 N–H and O–H groups in total. The number of pyridine rings is 1. The summed E-state index contributed by atoms with van der Waals surface area (Å²) in [6.45, 7) is 0. The number of carbonyl (C=O) groups is 1. The van der Waals surface area contributed by atoms with Gasteiger partial charge in [0.25, 0.3) is 0 Å². The number of hydrogen-bond acceptors (Lipinski definition) is 3. The maximum absolute atomic E-state index is 13.6. The molecule has 0 bridgehead atoms. The van der Waals surface area contributed by atoms with Crippen molar-refractivity contribution in [3.8, 4) is 5.75 Å². The Bertz CT molecular complexity index is 838. The van der Waals surface area contributed by atoms with Crippen molar-refractivity contribution >= 4 is 16.9 Å². The molecule has 3 aliphatic carbocycles. The number of aliphatic carboxylic acids is 1. The van der Waals surface area contributed by atoms with Crippen molar-refractivity contribution in [2.24, 2.45) is 29.6 Å². The highest BCUT2D eigenvalue weighted by Gasteiger charge is 2.63. The van der Waals surface area contributed by atoms with Gasteiger partial charge >= 0.3 is 5.97 Å². The lowest BCUT2D eigenvalue weighted by Crippen LogP contribution is -2.24. The lowest BCUT2D eigenvalue weighted by Gasteiger charge is -2.20. The highest BCUT2D eigenvalue weighted by molar-refractivity contribution is 5.84. The average molecular weight is 341 g/mol. The normalized spacial score (nSPS) is 31.6. The Kier molecular flexibility index (Phi) is 3.27. The number of ether oxygens (including phenoxy) is 1. The first-order chi connectivity index (χ1) is 12.1.